The third-order valence-electron chi connectivity index (χ3n) is 4.37. The topological polar surface area (TPSA) is 46.1 Å². The van der Waals surface area contributed by atoms with Crippen LogP contribution in [0.2, 0.25) is 0 Å². The van der Waals surface area contributed by atoms with E-state index in [2.05, 4.69) is 16.0 Å². The van der Waals surface area contributed by atoms with Crippen molar-refractivity contribution in [3.8, 4) is 0 Å². The van der Waals surface area contributed by atoms with E-state index in [4.69, 9.17) is 0 Å². The molecule has 0 aliphatic rings. The molecule has 0 spiro atoms. The van der Waals surface area contributed by atoms with E-state index in [1.165, 1.54) is 0 Å². The number of pyridine rings is 1. The van der Waals surface area contributed by atoms with Crippen LogP contribution in [0, 0.1) is 20.8 Å². The fraction of sp³-hybridized carbons (Fsp3) is 0.316. The molecule has 1 atom stereocenters. The molecule has 1 amide bonds. The van der Waals surface area contributed by atoms with Crippen molar-refractivity contribution in [2.75, 3.05) is 7.05 Å². The van der Waals surface area contributed by atoms with Crippen molar-refractivity contribution in [2.24, 2.45) is 0 Å². The van der Waals surface area contributed by atoms with Crippen LogP contribution in [0.15, 0.2) is 29.9 Å². The van der Waals surface area contributed by atoms with Crippen LogP contribution in [0.25, 0.3) is 10.9 Å². The Hall–Kier alpha value is -2.27. The minimum atomic E-state index is -0.0144. The van der Waals surface area contributed by atoms with Crippen molar-refractivity contribution >= 4 is 28.1 Å². The van der Waals surface area contributed by atoms with E-state index in [0.717, 1.165) is 32.6 Å². The van der Waals surface area contributed by atoms with E-state index < -0.39 is 0 Å². The summed E-state index contributed by atoms with van der Waals surface area (Å²) >= 11 is 1.57. The number of hydrogen-bond acceptors (Lipinski definition) is 4. The fourth-order valence-electron chi connectivity index (χ4n) is 2.97. The van der Waals surface area contributed by atoms with Gasteiger partial charge in [-0.15, -0.1) is 11.3 Å². The van der Waals surface area contributed by atoms with Crippen LogP contribution in [0.4, 0.5) is 0 Å². The summed E-state index contributed by atoms with van der Waals surface area (Å²) in [6.45, 7) is 8.05. The van der Waals surface area contributed by atoms with Crippen LogP contribution in [0.1, 0.15) is 45.0 Å². The van der Waals surface area contributed by atoms with Crippen LogP contribution in [-0.4, -0.2) is 27.8 Å². The zero-order valence-corrected chi connectivity index (χ0v) is 15.4. The Balaban J connectivity index is 2.09. The van der Waals surface area contributed by atoms with Gasteiger partial charge in [0.15, 0.2) is 0 Å². The summed E-state index contributed by atoms with van der Waals surface area (Å²) in [6.07, 6.45) is 1.82. The Bertz CT molecular complexity index is 903. The molecule has 24 heavy (non-hydrogen) atoms. The van der Waals surface area contributed by atoms with Gasteiger partial charge >= 0.3 is 0 Å². The van der Waals surface area contributed by atoms with E-state index in [1.807, 2.05) is 53.1 Å². The maximum atomic E-state index is 13.2. The molecule has 5 heteroatoms. The average Bonchev–Trinajstić information content (AvgIpc) is 3.07. The first kappa shape index (κ1) is 16.6. The van der Waals surface area contributed by atoms with Crippen LogP contribution in [0.5, 0.6) is 0 Å². The summed E-state index contributed by atoms with van der Waals surface area (Å²) in [4.78, 5) is 24.8. The summed E-state index contributed by atoms with van der Waals surface area (Å²) in [7, 11) is 1.84. The molecular formula is C19H21N3OS. The largest absolute Gasteiger partial charge is 0.334 e. The maximum absolute atomic E-state index is 13.2. The number of hydrogen-bond donors (Lipinski definition) is 0. The minimum Gasteiger partial charge on any atom is -0.334 e. The smallest absolute Gasteiger partial charge is 0.254 e. The zero-order chi connectivity index (χ0) is 17.4. The monoisotopic (exact) mass is 339 g/mol. The molecule has 2 aromatic heterocycles. The molecule has 0 saturated heterocycles. The number of aromatic nitrogens is 2. The van der Waals surface area contributed by atoms with Crippen molar-refractivity contribution in [2.45, 2.75) is 33.7 Å². The predicted molar refractivity (Wildman–Crippen MR) is 98.6 cm³/mol. The molecule has 0 radical (unpaired) electrons. The summed E-state index contributed by atoms with van der Waals surface area (Å²) in [6, 6.07) is 6.03. The highest BCUT2D eigenvalue weighted by Crippen LogP contribution is 2.28. The van der Waals surface area contributed by atoms with Gasteiger partial charge in [-0.1, -0.05) is 11.6 Å². The van der Waals surface area contributed by atoms with E-state index in [-0.39, 0.29) is 11.9 Å². The van der Waals surface area contributed by atoms with Gasteiger partial charge in [0.2, 0.25) is 0 Å². The lowest BCUT2D eigenvalue weighted by molar-refractivity contribution is 0.0746. The Morgan fingerprint density at radius 1 is 1.21 bits per heavy atom. The van der Waals surface area contributed by atoms with Crippen molar-refractivity contribution in [3.63, 3.8) is 0 Å². The van der Waals surface area contributed by atoms with Gasteiger partial charge in [0, 0.05) is 29.2 Å². The molecule has 0 aliphatic heterocycles. The Morgan fingerprint density at radius 3 is 2.62 bits per heavy atom. The fourth-order valence-corrected chi connectivity index (χ4v) is 3.69. The van der Waals surface area contributed by atoms with Crippen molar-refractivity contribution in [1.82, 2.24) is 14.9 Å². The lowest BCUT2D eigenvalue weighted by atomic mass is 10.0. The minimum absolute atomic E-state index is 0.0106. The molecule has 0 saturated carbocycles. The number of carbonyl (C=O) groups is 1. The second-order valence-corrected chi connectivity index (χ2v) is 7.20. The molecule has 0 aliphatic carbocycles. The SMILES string of the molecule is Cc1cc(C)c2nc(C)cc(C(=O)N(C)[C@@H](C)c3cncs3)c2c1. The van der Waals surface area contributed by atoms with Gasteiger partial charge in [0.25, 0.3) is 5.91 Å². The molecule has 124 valence electrons. The highest BCUT2D eigenvalue weighted by molar-refractivity contribution is 7.09. The molecule has 0 bridgehead atoms. The maximum Gasteiger partial charge on any atom is 0.254 e. The number of amides is 1. The summed E-state index contributed by atoms with van der Waals surface area (Å²) in [5.41, 5.74) is 6.50. The van der Waals surface area contributed by atoms with Crippen molar-refractivity contribution in [1.29, 1.82) is 0 Å². The third kappa shape index (κ3) is 2.91. The number of aryl methyl sites for hydroxylation is 3. The number of fused-ring (bicyclic) bond motifs is 1. The Labute approximate surface area is 146 Å². The quantitative estimate of drug-likeness (QED) is 0.708. The predicted octanol–water partition coefficient (Wildman–Crippen LogP) is 4.45. The van der Waals surface area contributed by atoms with Gasteiger partial charge in [0.05, 0.1) is 22.6 Å². The van der Waals surface area contributed by atoms with Gasteiger partial charge in [-0.25, -0.2) is 0 Å². The number of benzene rings is 1. The van der Waals surface area contributed by atoms with Crippen LogP contribution < -0.4 is 0 Å². The van der Waals surface area contributed by atoms with Crippen LogP contribution >= 0.6 is 11.3 Å². The van der Waals surface area contributed by atoms with Gasteiger partial charge in [-0.05, 0) is 45.4 Å². The summed E-state index contributed by atoms with van der Waals surface area (Å²) in [5, 5.41) is 0.923. The normalized spacial score (nSPS) is 12.4. The highest BCUT2D eigenvalue weighted by Gasteiger charge is 2.22. The van der Waals surface area contributed by atoms with Gasteiger partial charge in [-0.2, -0.15) is 0 Å². The lowest BCUT2D eigenvalue weighted by Crippen LogP contribution is -2.29. The zero-order valence-electron chi connectivity index (χ0n) is 14.6. The number of carbonyl (C=O) groups excluding carboxylic acids is 1. The second kappa shape index (κ2) is 6.32. The average molecular weight is 339 g/mol. The lowest BCUT2D eigenvalue weighted by Gasteiger charge is -2.24. The van der Waals surface area contributed by atoms with E-state index in [9.17, 15) is 4.79 Å². The second-order valence-electron chi connectivity index (χ2n) is 6.29. The third-order valence-corrected chi connectivity index (χ3v) is 5.32. The molecule has 0 unspecified atom stereocenters. The van der Waals surface area contributed by atoms with Gasteiger partial charge in [0.1, 0.15) is 0 Å². The van der Waals surface area contributed by atoms with Gasteiger partial charge in [-0.3, -0.25) is 14.8 Å². The van der Waals surface area contributed by atoms with Crippen LogP contribution in [-0.2, 0) is 0 Å². The first-order chi connectivity index (χ1) is 11.4. The Kier molecular flexibility index (Phi) is 4.37. The molecule has 0 N–H and O–H groups in total. The molecule has 2 heterocycles. The van der Waals surface area contributed by atoms with Gasteiger partial charge < -0.3 is 4.90 Å². The van der Waals surface area contributed by atoms with E-state index >= 15 is 0 Å². The van der Waals surface area contributed by atoms with Crippen molar-refractivity contribution in [3.05, 3.63) is 57.2 Å². The molecule has 0 fully saturated rings. The van der Waals surface area contributed by atoms with E-state index in [1.54, 1.807) is 21.7 Å². The molecule has 1 aromatic carbocycles. The van der Waals surface area contributed by atoms with E-state index in [0.29, 0.717) is 5.56 Å². The highest BCUT2D eigenvalue weighted by atomic mass is 32.1. The standard InChI is InChI=1S/C19H21N3OS/c1-11-6-12(2)18-15(7-11)16(8-13(3)21-18)19(23)22(5)14(4)17-9-20-10-24-17/h6-10,14H,1-5H3/t14-/m0/s1. The molecule has 4 nitrogen and oxygen atoms in total. The number of thiazole rings is 1. The summed E-state index contributed by atoms with van der Waals surface area (Å²) in [5.74, 6) is 0.0106. The number of nitrogens with zero attached hydrogens (tertiary/aromatic N) is 3. The first-order valence-corrected chi connectivity index (χ1v) is 8.80. The molecule has 3 aromatic rings. The molecular weight excluding hydrogens is 318 g/mol. The van der Waals surface area contributed by atoms with Crippen LogP contribution in [0.3, 0.4) is 0 Å². The summed E-state index contributed by atoms with van der Waals surface area (Å²) < 4.78 is 0. The first-order valence-electron chi connectivity index (χ1n) is 7.92. The van der Waals surface area contributed by atoms with Crippen molar-refractivity contribution < 1.29 is 4.79 Å². The Morgan fingerprint density at radius 2 is 1.96 bits per heavy atom. The molecule has 3 rings (SSSR count). The number of rotatable bonds is 3.